The van der Waals surface area contributed by atoms with E-state index < -0.39 is 5.91 Å². The van der Waals surface area contributed by atoms with Crippen molar-refractivity contribution < 1.29 is 9.53 Å². The van der Waals surface area contributed by atoms with Crippen LogP contribution in [0.4, 0.5) is 0 Å². The molecular formula is C18H14N4O2. The quantitative estimate of drug-likeness (QED) is 0.804. The van der Waals surface area contributed by atoms with E-state index >= 15 is 0 Å². The third kappa shape index (κ3) is 2.25. The smallest absolute Gasteiger partial charge is 0.251 e. The second-order valence-corrected chi connectivity index (χ2v) is 5.35. The van der Waals surface area contributed by atoms with Crippen molar-refractivity contribution in [1.29, 1.82) is 0 Å². The number of carbonyl (C=O) groups is 1. The predicted octanol–water partition coefficient (Wildman–Crippen LogP) is 2.42. The van der Waals surface area contributed by atoms with Crippen LogP contribution in [0.2, 0.25) is 0 Å². The summed E-state index contributed by atoms with van der Waals surface area (Å²) in [6, 6.07) is 5.59. The molecule has 0 bridgehead atoms. The molecule has 0 aliphatic carbocycles. The van der Waals surface area contributed by atoms with Crippen molar-refractivity contribution in [2.45, 2.75) is 0 Å². The summed E-state index contributed by atoms with van der Waals surface area (Å²) >= 11 is 0. The topological polar surface area (TPSA) is 82.5 Å². The van der Waals surface area contributed by atoms with Crippen LogP contribution in [0.1, 0.15) is 15.9 Å². The Hall–Kier alpha value is -3.41. The summed E-state index contributed by atoms with van der Waals surface area (Å²) in [6.45, 7) is 0.458. The zero-order valence-corrected chi connectivity index (χ0v) is 12.7. The maximum atomic E-state index is 12.2. The van der Waals surface area contributed by atoms with Crippen LogP contribution in [0.3, 0.4) is 0 Å². The molecule has 3 aromatic rings. The molecule has 1 aliphatic rings. The summed E-state index contributed by atoms with van der Waals surface area (Å²) in [6.07, 6.45) is 12.3. The molecule has 0 fully saturated rings. The number of allylic oxidation sites excluding steroid dienone is 2. The van der Waals surface area contributed by atoms with Crippen molar-refractivity contribution in [3.8, 4) is 11.3 Å². The molecule has 1 amide bonds. The van der Waals surface area contributed by atoms with Gasteiger partial charge in [-0.15, -0.1) is 0 Å². The molecule has 24 heavy (non-hydrogen) atoms. The number of rotatable bonds is 3. The molecule has 0 spiro atoms. The van der Waals surface area contributed by atoms with Gasteiger partial charge < -0.3 is 14.9 Å². The lowest BCUT2D eigenvalue weighted by molar-refractivity contribution is 0.100. The van der Waals surface area contributed by atoms with Crippen molar-refractivity contribution in [2.75, 3.05) is 6.61 Å². The van der Waals surface area contributed by atoms with Crippen LogP contribution in [-0.4, -0.2) is 26.9 Å². The monoisotopic (exact) mass is 318 g/mol. The van der Waals surface area contributed by atoms with Gasteiger partial charge in [-0.3, -0.25) is 9.78 Å². The fraction of sp³-hybridized carbons (Fsp3) is 0.0556. The van der Waals surface area contributed by atoms with Gasteiger partial charge in [0.2, 0.25) is 0 Å². The number of hydrogen-bond acceptors (Lipinski definition) is 4. The average Bonchev–Trinajstić information content (AvgIpc) is 3.10. The highest BCUT2D eigenvalue weighted by Gasteiger charge is 2.20. The Balaban J connectivity index is 1.99. The van der Waals surface area contributed by atoms with Crippen molar-refractivity contribution in [3.05, 3.63) is 72.7 Å². The lowest BCUT2D eigenvalue weighted by atomic mass is 9.95. The Bertz CT molecular complexity index is 1000. The molecule has 0 saturated heterocycles. The first-order chi connectivity index (χ1) is 11.8. The Morgan fingerprint density at radius 2 is 2.21 bits per heavy atom. The summed E-state index contributed by atoms with van der Waals surface area (Å²) in [5, 5.41) is 0. The molecule has 0 aromatic carbocycles. The first-order valence-corrected chi connectivity index (χ1v) is 7.44. The molecule has 0 radical (unpaired) electrons. The highest BCUT2D eigenvalue weighted by molar-refractivity contribution is 6.05. The lowest BCUT2D eigenvalue weighted by Crippen LogP contribution is -2.16. The molecule has 1 aliphatic heterocycles. The summed E-state index contributed by atoms with van der Waals surface area (Å²) in [7, 11) is 0. The molecule has 118 valence electrons. The number of aromatic nitrogens is 3. The predicted molar refractivity (Wildman–Crippen MR) is 90.0 cm³/mol. The molecule has 6 heteroatoms. The Labute approximate surface area is 137 Å². The number of fused-ring (bicyclic) bond motifs is 1. The van der Waals surface area contributed by atoms with Gasteiger partial charge in [0.25, 0.3) is 5.91 Å². The second-order valence-electron chi connectivity index (χ2n) is 5.35. The number of ether oxygens (including phenoxy) is 1. The molecule has 0 saturated carbocycles. The van der Waals surface area contributed by atoms with E-state index in [-0.39, 0.29) is 0 Å². The van der Waals surface area contributed by atoms with Gasteiger partial charge in [0, 0.05) is 18.0 Å². The number of hydrogen-bond donors (Lipinski definition) is 1. The summed E-state index contributed by atoms with van der Waals surface area (Å²) in [5.74, 6) is -0.518. The van der Waals surface area contributed by atoms with Crippen molar-refractivity contribution in [3.63, 3.8) is 0 Å². The van der Waals surface area contributed by atoms with E-state index in [0.717, 1.165) is 22.2 Å². The van der Waals surface area contributed by atoms with Crippen LogP contribution in [0.5, 0.6) is 0 Å². The molecular weight excluding hydrogens is 304 g/mol. The van der Waals surface area contributed by atoms with E-state index in [2.05, 4.69) is 9.97 Å². The minimum Gasteiger partial charge on any atom is -0.497 e. The molecule has 0 unspecified atom stereocenters. The van der Waals surface area contributed by atoms with Crippen LogP contribution in [-0.2, 0) is 4.74 Å². The number of imidazole rings is 1. The molecule has 4 heterocycles. The van der Waals surface area contributed by atoms with Gasteiger partial charge in [0.15, 0.2) is 0 Å². The van der Waals surface area contributed by atoms with Crippen LogP contribution in [0.15, 0.2) is 61.5 Å². The third-order valence-corrected chi connectivity index (χ3v) is 3.96. The zero-order chi connectivity index (χ0) is 16.5. The normalized spacial score (nSPS) is 13.6. The van der Waals surface area contributed by atoms with Gasteiger partial charge >= 0.3 is 0 Å². The average molecular weight is 318 g/mol. The highest BCUT2D eigenvalue weighted by Crippen LogP contribution is 2.31. The number of nitrogens with two attached hydrogens (primary N) is 1. The number of pyridine rings is 2. The Kier molecular flexibility index (Phi) is 3.35. The van der Waals surface area contributed by atoms with Crippen LogP contribution >= 0.6 is 0 Å². The standard InChI is InChI=1S/C18H14N4O2/c19-18(23)16-13(12-4-8-24-9-5-12)3-6-21-17(16)14-2-1-7-22-11-20-10-15(14)22/h1-8,10-11H,9H2,(H2,19,23). The SMILES string of the molecule is NC(=O)c1c(C2=CCOC=C2)ccnc1-c1cccn2cncc12. The van der Waals surface area contributed by atoms with Gasteiger partial charge in [0.05, 0.1) is 35.6 Å². The van der Waals surface area contributed by atoms with E-state index in [1.54, 1.807) is 31.0 Å². The van der Waals surface area contributed by atoms with Crippen LogP contribution in [0, 0.1) is 0 Å². The fourth-order valence-electron chi connectivity index (χ4n) is 2.89. The Morgan fingerprint density at radius 3 is 3.00 bits per heavy atom. The maximum absolute atomic E-state index is 12.2. The minimum atomic E-state index is -0.518. The van der Waals surface area contributed by atoms with Crippen molar-refractivity contribution in [2.24, 2.45) is 5.73 Å². The van der Waals surface area contributed by atoms with Gasteiger partial charge in [-0.2, -0.15) is 0 Å². The number of amides is 1. The zero-order valence-electron chi connectivity index (χ0n) is 12.7. The first-order valence-electron chi connectivity index (χ1n) is 7.44. The highest BCUT2D eigenvalue weighted by atomic mass is 16.5. The van der Waals surface area contributed by atoms with E-state index in [0.29, 0.717) is 17.9 Å². The molecule has 0 atom stereocenters. The minimum absolute atomic E-state index is 0.393. The van der Waals surface area contributed by atoms with Gasteiger partial charge in [-0.1, -0.05) is 0 Å². The van der Waals surface area contributed by atoms with Crippen molar-refractivity contribution >= 4 is 17.0 Å². The number of primary amides is 1. The maximum Gasteiger partial charge on any atom is 0.251 e. The van der Waals surface area contributed by atoms with Crippen LogP contribution < -0.4 is 5.73 Å². The summed E-state index contributed by atoms with van der Waals surface area (Å²) < 4.78 is 7.06. The van der Waals surface area contributed by atoms with Crippen molar-refractivity contribution in [1.82, 2.24) is 14.4 Å². The summed E-state index contributed by atoms with van der Waals surface area (Å²) in [5.41, 5.74) is 9.94. The lowest BCUT2D eigenvalue weighted by Gasteiger charge is -2.15. The molecule has 3 aromatic heterocycles. The van der Waals surface area contributed by atoms with Gasteiger partial charge in [-0.25, -0.2) is 4.98 Å². The molecule has 4 rings (SSSR count). The van der Waals surface area contributed by atoms with Crippen LogP contribution in [0.25, 0.3) is 22.3 Å². The van der Waals surface area contributed by atoms with Gasteiger partial charge in [-0.05, 0) is 41.5 Å². The Morgan fingerprint density at radius 1 is 1.29 bits per heavy atom. The fourth-order valence-corrected chi connectivity index (χ4v) is 2.89. The first kappa shape index (κ1) is 14.2. The van der Waals surface area contributed by atoms with E-state index in [4.69, 9.17) is 10.5 Å². The number of carbonyl (C=O) groups excluding carboxylic acids is 1. The van der Waals surface area contributed by atoms with Gasteiger partial charge in [0.1, 0.15) is 6.61 Å². The molecule has 6 nitrogen and oxygen atoms in total. The number of nitrogens with zero attached hydrogens (tertiary/aromatic N) is 3. The van der Waals surface area contributed by atoms with E-state index in [9.17, 15) is 4.79 Å². The second kappa shape index (κ2) is 5.66. The third-order valence-electron chi connectivity index (χ3n) is 3.96. The van der Waals surface area contributed by atoms with E-state index in [1.807, 2.05) is 34.9 Å². The largest absolute Gasteiger partial charge is 0.497 e. The van der Waals surface area contributed by atoms with E-state index in [1.165, 1.54) is 0 Å². The molecule has 2 N–H and O–H groups in total. The summed E-state index contributed by atoms with van der Waals surface area (Å²) in [4.78, 5) is 20.8.